The molecule has 0 amide bonds. The number of pyridine rings is 1. The number of carbonyl (C=O) groups is 1. The number of hydrogen-bond donors (Lipinski definition) is 0. The summed E-state index contributed by atoms with van der Waals surface area (Å²) in [5, 5.41) is 0. The third kappa shape index (κ3) is 6.81. The number of nitrogens with zero attached hydrogens (tertiary/aromatic N) is 1. The summed E-state index contributed by atoms with van der Waals surface area (Å²) in [7, 11) is 0. The molecule has 1 aromatic heterocycles. The molecule has 0 aliphatic rings. The predicted molar refractivity (Wildman–Crippen MR) is 93.3 cm³/mol. The molecule has 0 aliphatic heterocycles. The monoisotopic (exact) mass is 345 g/mol. The topological polar surface area (TPSA) is 66.8 Å². The van der Waals surface area contributed by atoms with Gasteiger partial charge in [0.25, 0.3) is 5.56 Å². The summed E-state index contributed by atoms with van der Waals surface area (Å²) >= 11 is 0. The summed E-state index contributed by atoms with van der Waals surface area (Å²) in [5.74, 6) is 0.218. The molecule has 2 aromatic rings. The van der Waals surface area contributed by atoms with E-state index in [2.05, 4.69) is 0 Å². The Morgan fingerprint density at radius 1 is 1.16 bits per heavy atom. The van der Waals surface area contributed by atoms with E-state index in [0.717, 1.165) is 5.56 Å². The lowest BCUT2D eigenvalue weighted by Gasteiger charge is -2.09. The summed E-state index contributed by atoms with van der Waals surface area (Å²) in [4.78, 5) is 23.5. The standard InChI is InChI=1S/C19H23NO5/c1-2-23-15-20-11-10-17(13-18(20)21)24-12-6-9-19(22)25-14-16-7-4-3-5-8-16/h3-5,7-8,10-11,13H,2,6,9,12,14-15H2,1H3. The molecule has 0 spiro atoms. The van der Waals surface area contributed by atoms with Crippen LogP contribution in [0.2, 0.25) is 0 Å². The van der Waals surface area contributed by atoms with Crippen molar-refractivity contribution in [2.24, 2.45) is 0 Å². The van der Waals surface area contributed by atoms with Gasteiger partial charge in [0, 0.05) is 25.3 Å². The van der Waals surface area contributed by atoms with Gasteiger partial charge in [-0.25, -0.2) is 0 Å². The Hall–Kier alpha value is -2.60. The third-order valence-electron chi connectivity index (χ3n) is 3.44. The quantitative estimate of drug-likeness (QED) is 0.489. The molecule has 6 nitrogen and oxygen atoms in total. The lowest BCUT2D eigenvalue weighted by atomic mass is 10.2. The number of carbonyl (C=O) groups excluding carboxylic acids is 1. The predicted octanol–water partition coefficient (Wildman–Crippen LogP) is 2.74. The van der Waals surface area contributed by atoms with Gasteiger partial charge in [-0.3, -0.25) is 14.2 Å². The molecular weight excluding hydrogens is 322 g/mol. The van der Waals surface area contributed by atoms with Crippen LogP contribution in [0.5, 0.6) is 5.75 Å². The summed E-state index contributed by atoms with van der Waals surface area (Å²) in [6.07, 6.45) is 2.42. The number of rotatable bonds is 10. The largest absolute Gasteiger partial charge is 0.493 e. The van der Waals surface area contributed by atoms with E-state index < -0.39 is 0 Å². The molecule has 1 aromatic carbocycles. The Labute approximate surface area is 147 Å². The van der Waals surface area contributed by atoms with Gasteiger partial charge >= 0.3 is 5.97 Å². The summed E-state index contributed by atoms with van der Waals surface area (Å²) < 4.78 is 17.3. The summed E-state index contributed by atoms with van der Waals surface area (Å²) in [6, 6.07) is 12.6. The van der Waals surface area contributed by atoms with Crippen LogP contribution in [0, 0.1) is 0 Å². The molecule has 0 unspecified atom stereocenters. The lowest BCUT2D eigenvalue weighted by Crippen LogP contribution is -2.20. The van der Waals surface area contributed by atoms with E-state index in [9.17, 15) is 9.59 Å². The van der Waals surface area contributed by atoms with Crippen LogP contribution in [-0.4, -0.2) is 23.8 Å². The van der Waals surface area contributed by atoms with E-state index in [1.54, 1.807) is 12.3 Å². The van der Waals surface area contributed by atoms with Gasteiger partial charge in [-0.05, 0) is 25.0 Å². The minimum atomic E-state index is -0.264. The van der Waals surface area contributed by atoms with E-state index in [0.29, 0.717) is 25.4 Å². The van der Waals surface area contributed by atoms with Crippen LogP contribution in [0.4, 0.5) is 0 Å². The van der Waals surface area contributed by atoms with Crippen molar-refractivity contribution in [1.82, 2.24) is 4.57 Å². The minimum Gasteiger partial charge on any atom is -0.493 e. The summed E-state index contributed by atoms with van der Waals surface area (Å²) in [5.41, 5.74) is 0.771. The second-order valence-electron chi connectivity index (χ2n) is 5.39. The first kappa shape index (κ1) is 18.7. The van der Waals surface area contributed by atoms with Gasteiger partial charge in [-0.1, -0.05) is 30.3 Å². The van der Waals surface area contributed by atoms with Gasteiger partial charge in [0.05, 0.1) is 6.61 Å². The number of aromatic nitrogens is 1. The van der Waals surface area contributed by atoms with Crippen LogP contribution < -0.4 is 10.3 Å². The first-order valence-corrected chi connectivity index (χ1v) is 8.29. The highest BCUT2D eigenvalue weighted by atomic mass is 16.5. The average molecular weight is 345 g/mol. The molecule has 0 radical (unpaired) electrons. The van der Waals surface area contributed by atoms with Crippen molar-refractivity contribution in [3.05, 3.63) is 64.6 Å². The molecule has 25 heavy (non-hydrogen) atoms. The van der Waals surface area contributed by atoms with Gasteiger partial charge in [0.15, 0.2) is 0 Å². The third-order valence-corrected chi connectivity index (χ3v) is 3.44. The smallest absolute Gasteiger partial charge is 0.306 e. The molecular formula is C19H23NO5. The highest BCUT2D eigenvalue weighted by Gasteiger charge is 2.04. The van der Waals surface area contributed by atoms with Crippen LogP contribution in [0.3, 0.4) is 0 Å². The van der Waals surface area contributed by atoms with Gasteiger partial charge in [0.1, 0.15) is 19.1 Å². The van der Waals surface area contributed by atoms with E-state index in [1.165, 1.54) is 10.6 Å². The zero-order valence-corrected chi connectivity index (χ0v) is 14.3. The average Bonchev–Trinajstić information content (AvgIpc) is 2.64. The van der Waals surface area contributed by atoms with E-state index in [-0.39, 0.29) is 31.3 Å². The highest BCUT2D eigenvalue weighted by molar-refractivity contribution is 5.69. The van der Waals surface area contributed by atoms with Gasteiger partial charge < -0.3 is 14.2 Å². The lowest BCUT2D eigenvalue weighted by molar-refractivity contribution is -0.145. The number of ether oxygens (including phenoxy) is 3. The first-order valence-electron chi connectivity index (χ1n) is 8.29. The van der Waals surface area contributed by atoms with Crippen molar-refractivity contribution in [3.63, 3.8) is 0 Å². The number of benzene rings is 1. The molecule has 0 atom stereocenters. The molecule has 6 heteroatoms. The molecule has 0 bridgehead atoms. The van der Waals surface area contributed by atoms with Gasteiger partial charge in [-0.15, -0.1) is 0 Å². The van der Waals surface area contributed by atoms with Gasteiger partial charge in [0.2, 0.25) is 0 Å². The molecule has 0 saturated heterocycles. The van der Waals surface area contributed by atoms with E-state index in [1.807, 2.05) is 37.3 Å². The SMILES string of the molecule is CCOCn1ccc(OCCCC(=O)OCc2ccccc2)cc1=O. The molecule has 134 valence electrons. The fourth-order valence-electron chi connectivity index (χ4n) is 2.09. The molecule has 0 aliphatic carbocycles. The zero-order valence-electron chi connectivity index (χ0n) is 14.3. The van der Waals surface area contributed by atoms with Crippen LogP contribution in [-0.2, 0) is 27.6 Å². The maximum atomic E-state index is 11.8. The van der Waals surface area contributed by atoms with Crippen LogP contribution >= 0.6 is 0 Å². The normalized spacial score (nSPS) is 10.4. The highest BCUT2D eigenvalue weighted by Crippen LogP contribution is 2.08. The van der Waals surface area contributed by atoms with Crippen LogP contribution in [0.1, 0.15) is 25.3 Å². The Balaban J connectivity index is 1.66. The molecule has 2 rings (SSSR count). The fourth-order valence-corrected chi connectivity index (χ4v) is 2.09. The van der Waals surface area contributed by atoms with Crippen molar-refractivity contribution in [3.8, 4) is 5.75 Å². The maximum absolute atomic E-state index is 11.8. The zero-order chi connectivity index (χ0) is 17.9. The van der Waals surface area contributed by atoms with E-state index >= 15 is 0 Å². The van der Waals surface area contributed by atoms with Crippen molar-refractivity contribution >= 4 is 5.97 Å². The van der Waals surface area contributed by atoms with Crippen LogP contribution in [0.25, 0.3) is 0 Å². The Morgan fingerprint density at radius 3 is 2.68 bits per heavy atom. The van der Waals surface area contributed by atoms with Crippen molar-refractivity contribution < 1.29 is 19.0 Å². The maximum Gasteiger partial charge on any atom is 0.306 e. The number of esters is 1. The van der Waals surface area contributed by atoms with Crippen molar-refractivity contribution in [1.29, 1.82) is 0 Å². The summed E-state index contributed by atoms with van der Waals surface area (Å²) in [6.45, 7) is 3.26. The second-order valence-corrected chi connectivity index (χ2v) is 5.39. The minimum absolute atomic E-state index is 0.187. The van der Waals surface area contributed by atoms with Crippen LogP contribution in [0.15, 0.2) is 53.5 Å². The fraction of sp³-hybridized carbons (Fsp3) is 0.368. The molecule has 0 saturated carbocycles. The first-order chi connectivity index (χ1) is 12.2. The second kappa shape index (κ2) is 10.3. The molecule has 1 heterocycles. The molecule has 0 N–H and O–H groups in total. The van der Waals surface area contributed by atoms with Crippen molar-refractivity contribution in [2.45, 2.75) is 33.1 Å². The van der Waals surface area contributed by atoms with Gasteiger partial charge in [-0.2, -0.15) is 0 Å². The van der Waals surface area contributed by atoms with Crippen molar-refractivity contribution in [2.75, 3.05) is 13.2 Å². The Bertz CT molecular complexity index is 711. The Kier molecular flexibility index (Phi) is 7.72. The van der Waals surface area contributed by atoms with E-state index in [4.69, 9.17) is 14.2 Å². The Morgan fingerprint density at radius 2 is 1.96 bits per heavy atom. The molecule has 0 fully saturated rings. The number of hydrogen-bond acceptors (Lipinski definition) is 5.